The molecule has 2 atom stereocenters. The lowest BCUT2D eigenvalue weighted by Crippen LogP contribution is -2.64. The SMILES string of the molecule is Cc1ccc(-n2nccn2)c(C(=O)N2C3CC(C3)[C@@H](C)C2CNc2ccc(Cl)cn2)n1. The number of nitrogens with one attached hydrogen (secondary N) is 1. The second kappa shape index (κ2) is 7.92. The van der Waals surface area contributed by atoms with Crippen LogP contribution >= 0.6 is 11.6 Å². The van der Waals surface area contributed by atoms with Crippen molar-refractivity contribution >= 4 is 23.3 Å². The van der Waals surface area contributed by atoms with Gasteiger partial charge in [-0.05, 0) is 55.9 Å². The maximum atomic E-state index is 13.8. The van der Waals surface area contributed by atoms with Crippen LogP contribution in [-0.4, -0.2) is 54.4 Å². The molecule has 1 saturated carbocycles. The second-order valence-electron chi connectivity index (χ2n) is 8.41. The molecule has 8 nitrogen and oxygen atoms in total. The first-order valence-corrected chi connectivity index (χ1v) is 10.9. The Kier molecular flexibility index (Phi) is 5.09. The zero-order chi connectivity index (χ0) is 21.5. The van der Waals surface area contributed by atoms with Gasteiger partial charge >= 0.3 is 0 Å². The van der Waals surface area contributed by atoms with Gasteiger partial charge in [0.25, 0.3) is 5.91 Å². The summed E-state index contributed by atoms with van der Waals surface area (Å²) < 4.78 is 0. The maximum absolute atomic E-state index is 13.8. The van der Waals surface area contributed by atoms with E-state index in [-0.39, 0.29) is 18.0 Å². The van der Waals surface area contributed by atoms with E-state index in [0.717, 1.165) is 24.4 Å². The molecule has 160 valence electrons. The average Bonchev–Trinajstić information content (AvgIpc) is 3.27. The fourth-order valence-corrected chi connectivity index (χ4v) is 4.86. The van der Waals surface area contributed by atoms with Gasteiger partial charge in [-0.1, -0.05) is 18.5 Å². The van der Waals surface area contributed by atoms with Crippen molar-refractivity contribution in [3.8, 4) is 5.69 Å². The molecule has 3 aromatic heterocycles. The normalized spacial score (nSPS) is 24.5. The van der Waals surface area contributed by atoms with E-state index in [2.05, 4.69) is 32.4 Å². The lowest BCUT2D eigenvalue weighted by molar-refractivity contribution is -0.0505. The summed E-state index contributed by atoms with van der Waals surface area (Å²) in [5.74, 6) is 1.71. The smallest absolute Gasteiger partial charge is 0.275 e. The van der Waals surface area contributed by atoms with Crippen LogP contribution in [0.2, 0.25) is 5.02 Å². The molecule has 2 aliphatic heterocycles. The number of carbonyl (C=O) groups is 1. The second-order valence-corrected chi connectivity index (χ2v) is 8.84. The summed E-state index contributed by atoms with van der Waals surface area (Å²) in [4.78, 5) is 26.3. The van der Waals surface area contributed by atoms with Crippen LogP contribution in [0.15, 0.2) is 42.9 Å². The van der Waals surface area contributed by atoms with Gasteiger partial charge in [-0.25, -0.2) is 9.97 Å². The van der Waals surface area contributed by atoms with Crippen molar-refractivity contribution in [3.05, 3.63) is 59.3 Å². The quantitative estimate of drug-likeness (QED) is 0.658. The van der Waals surface area contributed by atoms with Crippen molar-refractivity contribution in [2.24, 2.45) is 11.8 Å². The molecule has 2 saturated heterocycles. The molecule has 9 heteroatoms. The van der Waals surface area contributed by atoms with Gasteiger partial charge in [0.1, 0.15) is 11.5 Å². The van der Waals surface area contributed by atoms with Gasteiger partial charge in [0, 0.05) is 24.5 Å². The predicted molar refractivity (Wildman–Crippen MR) is 117 cm³/mol. The number of aryl methyl sites for hydroxylation is 1. The fraction of sp³-hybridized carbons (Fsp3) is 0.409. The van der Waals surface area contributed by atoms with E-state index < -0.39 is 0 Å². The van der Waals surface area contributed by atoms with Gasteiger partial charge in [-0.15, -0.1) is 4.80 Å². The summed E-state index contributed by atoms with van der Waals surface area (Å²) in [6.07, 6.45) is 6.90. The molecule has 1 aliphatic carbocycles. The van der Waals surface area contributed by atoms with Gasteiger partial charge in [0.2, 0.25) is 0 Å². The molecule has 6 rings (SSSR count). The number of piperidine rings is 2. The molecular weight excluding hydrogens is 414 g/mol. The molecule has 1 amide bonds. The highest BCUT2D eigenvalue weighted by Gasteiger charge is 2.51. The summed E-state index contributed by atoms with van der Waals surface area (Å²) >= 11 is 5.95. The lowest BCUT2D eigenvalue weighted by atomic mass is 9.64. The highest BCUT2D eigenvalue weighted by atomic mass is 35.5. The van der Waals surface area contributed by atoms with Gasteiger partial charge in [-0.2, -0.15) is 10.2 Å². The minimum atomic E-state index is -0.0677. The van der Waals surface area contributed by atoms with Gasteiger partial charge < -0.3 is 10.2 Å². The van der Waals surface area contributed by atoms with Crippen LogP contribution in [0.5, 0.6) is 0 Å². The van der Waals surface area contributed by atoms with Crippen molar-refractivity contribution in [1.82, 2.24) is 29.9 Å². The molecule has 0 spiro atoms. The van der Waals surface area contributed by atoms with E-state index in [1.165, 1.54) is 4.80 Å². The summed E-state index contributed by atoms with van der Waals surface area (Å²) in [5.41, 5.74) is 1.78. The summed E-state index contributed by atoms with van der Waals surface area (Å²) in [7, 11) is 0. The average molecular weight is 438 g/mol. The van der Waals surface area contributed by atoms with Crippen molar-refractivity contribution in [2.75, 3.05) is 11.9 Å². The van der Waals surface area contributed by atoms with Crippen LogP contribution in [0.4, 0.5) is 5.82 Å². The number of pyridine rings is 2. The Balaban J connectivity index is 1.45. The van der Waals surface area contributed by atoms with Crippen LogP contribution in [0.1, 0.15) is 35.9 Å². The standard InChI is InChI=1S/C22H24ClN7O/c1-13-3-5-18(30-26-7-8-27-30)21(28-13)22(31)29-17-9-15(10-17)14(2)19(29)12-25-20-6-4-16(23)11-24-20/h3-8,11,14-15,17,19H,9-10,12H2,1-2H3,(H,24,25)/t14-,15?,17?,19?/m1/s1. The first kappa shape index (κ1) is 19.9. The monoisotopic (exact) mass is 437 g/mol. The number of aromatic nitrogens is 5. The van der Waals surface area contributed by atoms with Gasteiger partial charge in [-0.3, -0.25) is 4.79 Å². The Labute approximate surface area is 185 Å². The van der Waals surface area contributed by atoms with E-state index in [0.29, 0.717) is 34.8 Å². The van der Waals surface area contributed by atoms with Gasteiger partial charge in [0.15, 0.2) is 5.69 Å². The Bertz CT molecular complexity index is 1080. The number of amides is 1. The first-order chi connectivity index (χ1) is 15.0. The third-order valence-electron chi connectivity index (χ3n) is 6.56. The zero-order valence-electron chi connectivity index (χ0n) is 17.4. The number of rotatable bonds is 5. The van der Waals surface area contributed by atoms with E-state index in [9.17, 15) is 4.79 Å². The molecule has 3 fully saturated rings. The largest absolute Gasteiger partial charge is 0.368 e. The molecule has 5 heterocycles. The number of anilines is 1. The van der Waals surface area contributed by atoms with Gasteiger partial charge in [0.05, 0.1) is 23.5 Å². The topological polar surface area (TPSA) is 88.8 Å². The Morgan fingerprint density at radius 3 is 2.68 bits per heavy atom. The van der Waals surface area contributed by atoms with Crippen LogP contribution in [0, 0.1) is 18.8 Å². The molecule has 31 heavy (non-hydrogen) atoms. The Morgan fingerprint density at radius 1 is 1.19 bits per heavy atom. The van der Waals surface area contributed by atoms with E-state index in [1.807, 2.05) is 36.1 Å². The van der Waals surface area contributed by atoms with E-state index in [1.54, 1.807) is 18.6 Å². The summed E-state index contributed by atoms with van der Waals surface area (Å²) in [6.45, 7) is 4.75. The van der Waals surface area contributed by atoms with Crippen molar-refractivity contribution in [3.63, 3.8) is 0 Å². The Hall–Kier alpha value is -3.00. The number of fused-ring (bicyclic) bond motifs is 2. The minimum absolute atomic E-state index is 0.0446. The predicted octanol–water partition coefficient (Wildman–Crippen LogP) is 3.37. The fourth-order valence-electron chi connectivity index (χ4n) is 4.75. The highest BCUT2D eigenvalue weighted by molar-refractivity contribution is 6.30. The molecule has 2 bridgehead atoms. The molecule has 3 aromatic rings. The number of halogens is 1. The zero-order valence-corrected chi connectivity index (χ0v) is 18.2. The third-order valence-corrected chi connectivity index (χ3v) is 6.78. The van der Waals surface area contributed by atoms with Crippen LogP contribution in [0.25, 0.3) is 5.69 Å². The number of hydrogen-bond acceptors (Lipinski definition) is 6. The van der Waals surface area contributed by atoms with Crippen molar-refractivity contribution in [2.45, 2.75) is 38.8 Å². The van der Waals surface area contributed by atoms with E-state index in [4.69, 9.17) is 11.6 Å². The first-order valence-electron chi connectivity index (χ1n) is 10.5. The Morgan fingerprint density at radius 2 is 1.97 bits per heavy atom. The van der Waals surface area contributed by atoms with E-state index >= 15 is 0 Å². The highest BCUT2D eigenvalue weighted by Crippen LogP contribution is 2.47. The number of nitrogens with zero attached hydrogens (tertiary/aromatic N) is 6. The van der Waals surface area contributed by atoms with Crippen LogP contribution in [0.3, 0.4) is 0 Å². The summed E-state index contributed by atoms with van der Waals surface area (Å²) in [6, 6.07) is 7.67. The molecule has 3 aliphatic rings. The lowest BCUT2D eigenvalue weighted by Gasteiger charge is -2.57. The number of hydrogen-bond donors (Lipinski definition) is 1. The van der Waals surface area contributed by atoms with Crippen LogP contribution in [-0.2, 0) is 0 Å². The molecule has 1 N–H and O–H groups in total. The van der Waals surface area contributed by atoms with Crippen LogP contribution < -0.4 is 5.32 Å². The molecular formula is C22H24ClN7O. The number of carbonyl (C=O) groups excluding carboxylic acids is 1. The molecule has 1 unspecified atom stereocenters. The summed E-state index contributed by atoms with van der Waals surface area (Å²) in [5, 5.41) is 12.4. The molecule has 0 radical (unpaired) electrons. The maximum Gasteiger partial charge on any atom is 0.275 e. The minimum Gasteiger partial charge on any atom is -0.368 e. The van der Waals surface area contributed by atoms with Crippen molar-refractivity contribution < 1.29 is 4.79 Å². The molecule has 0 aromatic carbocycles. The third kappa shape index (κ3) is 3.65. The van der Waals surface area contributed by atoms with Crippen molar-refractivity contribution in [1.29, 1.82) is 0 Å².